The molecule has 0 aliphatic heterocycles. The lowest BCUT2D eigenvalue weighted by Gasteiger charge is -2.46. The minimum Gasteiger partial charge on any atom is -0.495 e. The molecule has 0 spiro atoms. The van der Waals surface area contributed by atoms with E-state index in [2.05, 4.69) is 18.8 Å². The summed E-state index contributed by atoms with van der Waals surface area (Å²) in [5.74, 6) is 0.744. The van der Waals surface area contributed by atoms with Crippen LogP contribution in [-0.2, 0) is 4.74 Å². The van der Waals surface area contributed by atoms with Crippen LogP contribution in [-0.4, -0.2) is 24.3 Å². The van der Waals surface area contributed by atoms with Crippen molar-refractivity contribution in [3.8, 4) is 5.75 Å². The normalized spacial score (nSPS) is 21.8. The van der Waals surface area contributed by atoms with Gasteiger partial charge in [0.05, 0.1) is 18.8 Å². The zero-order chi connectivity index (χ0) is 15.5. The maximum atomic E-state index is 6.59. The summed E-state index contributed by atoms with van der Waals surface area (Å²) in [7, 11) is 1.66. The Morgan fingerprint density at radius 3 is 2.52 bits per heavy atom. The van der Waals surface area contributed by atoms with Crippen LogP contribution in [0.3, 0.4) is 0 Å². The predicted octanol–water partition coefficient (Wildman–Crippen LogP) is 3.47. The first-order valence-electron chi connectivity index (χ1n) is 7.82. The van der Waals surface area contributed by atoms with Gasteiger partial charge in [-0.1, -0.05) is 13.8 Å². The highest BCUT2D eigenvalue weighted by Gasteiger charge is 2.45. The lowest BCUT2D eigenvalue weighted by Crippen LogP contribution is -2.48. The van der Waals surface area contributed by atoms with Gasteiger partial charge in [0.25, 0.3) is 0 Å². The largest absolute Gasteiger partial charge is 0.495 e. The van der Waals surface area contributed by atoms with E-state index in [1.807, 2.05) is 19.1 Å². The van der Waals surface area contributed by atoms with Crippen LogP contribution in [0, 0.1) is 5.41 Å². The Kier molecular flexibility index (Phi) is 4.89. The van der Waals surface area contributed by atoms with Crippen LogP contribution in [0.4, 0.5) is 0 Å². The van der Waals surface area contributed by atoms with E-state index in [9.17, 15) is 0 Å². The molecule has 118 valence electrons. The van der Waals surface area contributed by atoms with Crippen molar-refractivity contribution in [3.05, 3.63) is 24.0 Å². The number of hydrogen-bond acceptors (Lipinski definition) is 4. The van der Waals surface area contributed by atoms with Crippen LogP contribution in [0.15, 0.2) is 18.3 Å². The highest BCUT2D eigenvalue weighted by atomic mass is 16.5. The minimum atomic E-state index is -0.327. The van der Waals surface area contributed by atoms with E-state index in [0.29, 0.717) is 12.0 Å². The molecule has 1 unspecified atom stereocenters. The second-order valence-corrected chi connectivity index (χ2v) is 6.73. The first kappa shape index (κ1) is 16.2. The molecular formula is C17H28N2O2. The lowest BCUT2D eigenvalue weighted by molar-refractivity contribution is -0.101. The van der Waals surface area contributed by atoms with Gasteiger partial charge in [-0.25, -0.2) is 0 Å². The van der Waals surface area contributed by atoms with Crippen LogP contribution >= 0.6 is 0 Å². The van der Waals surface area contributed by atoms with Crippen LogP contribution in [0.1, 0.15) is 58.2 Å². The summed E-state index contributed by atoms with van der Waals surface area (Å²) in [6.07, 6.45) is 5.94. The minimum absolute atomic E-state index is 0.260. The third kappa shape index (κ3) is 3.38. The number of methoxy groups -OCH3 is 1. The van der Waals surface area contributed by atoms with Crippen LogP contribution in [0.5, 0.6) is 5.75 Å². The van der Waals surface area contributed by atoms with E-state index >= 15 is 0 Å². The molecule has 4 nitrogen and oxygen atoms in total. The monoisotopic (exact) mass is 292 g/mol. The molecule has 0 saturated heterocycles. The third-order valence-corrected chi connectivity index (χ3v) is 4.76. The molecule has 1 atom stereocenters. The van der Waals surface area contributed by atoms with E-state index in [1.54, 1.807) is 13.3 Å². The maximum absolute atomic E-state index is 6.59. The zero-order valence-electron chi connectivity index (χ0n) is 13.7. The molecule has 0 bridgehead atoms. The Balaban J connectivity index is 2.29. The Labute approximate surface area is 128 Å². The average molecular weight is 292 g/mol. The molecule has 0 aromatic carbocycles. The number of aromatic nitrogens is 1. The van der Waals surface area contributed by atoms with Gasteiger partial charge in [-0.15, -0.1) is 0 Å². The fourth-order valence-corrected chi connectivity index (χ4v) is 3.24. The summed E-state index contributed by atoms with van der Waals surface area (Å²) in [5.41, 5.74) is 7.43. The fourth-order valence-electron chi connectivity index (χ4n) is 3.24. The third-order valence-electron chi connectivity index (χ3n) is 4.76. The van der Waals surface area contributed by atoms with Crippen molar-refractivity contribution in [2.45, 2.75) is 58.1 Å². The van der Waals surface area contributed by atoms with Gasteiger partial charge in [-0.05, 0) is 50.2 Å². The summed E-state index contributed by atoms with van der Waals surface area (Å²) in [4.78, 5) is 4.46. The van der Waals surface area contributed by atoms with Gasteiger partial charge >= 0.3 is 0 Å². The Morgan fingerprint density at radius 1 is 1.29 bits per heavy atom. The summed E-state index contributed by atoms with van der Waals surface area (Å²) in [6, 6.07) is 3.52. The first-order chi connectivity index (χ1) is 9.94. The Morgan fingerprint density at radius 2 is 1.95 bits per heavy atom. The van der Waals surface area contributed by atoms with Crippen LogP contribution < -0.4 is 10.5 Å². The van der Waals surface area contributed by atoms with Gasteiger partial charge in [0, 0.05) is 12.8 Å². The Bertz CT molecular complexity index is 464. The highest BCUT2D eigenvalue weighted by Crippen LogP contribution is 2.47. The number of hydrogen-bond donors (Lipinski definition) is 1. The number of nitrogens with two attached hydrogens (primary N) is 1. The Hall–Kier alpha value is -1.13. The molecule has 0 amide bonds. The second-order valence-electron chi connectivity index (χ2n) is 6.73. The van der Waals surface area contributed by atoms with Crippen molar-refractivity contribution in [2.24, 2.45) is 11.1 Å². The van der Waals surface area contributed by atoms with E-state index < -0.39 is 0 Å². The number of rotatable bonds is 5. The standard InChI is InChI=1S/C17H28N2O2/c1-5-21-17(10-8-16(2,3)9-11-17)15(18)14-13(20-4)7-6-12-19-14/h6-7,12,15H,5,8-11,18H2,1-4H3. The number of ether oxygens (including phenoxy) is 2. The van der Waals surface area contributed by atoms with Crippen molar-refractivity contribution >= 4 is 0 Å². The quantitative estimate of drug-likeness (QED) is 0.903. The van der Waals surface area contributed by atoms with E-state index in [0.717, 1.165) is 37.1 Å². The fraction of sp³-hybridized carbons (Fsp3) is 0.706. The van der Waals surface area contributed by atoms with Gasteiger partial charge < -0.3 is 15.2 Å². The highest BCUT2D eigenvalue weighted by molar-refractivity contribution is 5.31. The topological polar surface area (TPSA) is 57.4 Å². The van der Waals surface area contributed by atoms with Crippen molar-refractivity contribution in [1.29, 1.82) is 0 Å². The van der Waals surface area contributed by atoms with E-state index in [-0.39, 0.29) is 11.6 Å². The zero-order valence-corrected chi connectivity index (χ0v) is 13.7. The molecule has 21 heavy (non-hydrogen) atoms. The summed E-state index contributed by atoms with van der Waals surface area (Å²) in [5, 5.41) is 0. The van der Waals surface area contributed by atoms with Crippen molar-refractivity contribution in [2.75, 3.05) is 13.7 Å². The number of nitrogens with zero attached hydrogens (tertiary/aromatic N) is 1. The molecule has 1 fully saturated rings. The maximum Gasteiger partial charge on any atom is 0.142 e. The van der Waals surface area contributed by atoms with Crippen molar-refractivity contribution in [3.63, 3.8) is 0 Å². The summed E-state index contributed by atoms with van der Waals surface area (Å²) < 4.78 is 11.6. The first-order valence-corrected chi connectivity index (χ1v) is 7.82. The SMILES string of the molecule is CCOC1(C(N)c2ncccc2OC)CCC(C)(C)CC1. The molecule has 2 N–H and O–H groups in total. The lowest BCUT2D eigenvalue weighted by atomic mass is 9.68. The van der Waals surface area contributed by atoms with E-state index in [4.69, 9.17) is 15.2 Å². The number of pyridine rings is 1. The van der Waals surface area contributed by atoms with Gasteiger partial charge in [-0.2, -0.15) is 0 Å². The molecule has 1 heterocycles. The molecule has 2 rings (SSSR count). The average Bonchev–Trinajstić information content (AvgIpc) is 2.49. The summed E-state index contributed by atoms with van der Waals surface area (Å²) in [6.45, 7) is 7.33. The van der Waals surface area contributed by atoms with Gasteiger partial charge in [0.2, 0.25) is 0 Å². The molecule has 0 radical (unpaired) electrons. The smallest absolute Gasteiger partial charge is 0.142 e. The molecule has 1 aliphatic rings. The molecule has 4 heteroatoms. The molecule has 1 aliphatic carbocycles. The summed E-state index contributed by atoms with van der Waals surface area (Å²) >= 11 is 0. The van der Waals surface area contributed by atoms with Crippen molar-refractivity contribution < 1.29 is 9.47 Å². The second kappa shape index (κ2) is 6.32. The van der Waals surface area contributed by atoms with Gasteiger partial charge in [0.15, 0.2) is 0 Å². The predicted molar refractivity (Wildman–Crippen MR) is 84.3 cm³/mol. The van der Waals surface area contributed by atoms with Crippen LogP contribution in [0.25, 0.3) is 0 Å². The van der Waals surface area contributed by atoms with Crippen LogP contribution in [0.2, 0.25) is 0 Å². The van der Waals surface area contributed by atoms with Gasteiger partial charge in [-0.3, -0.25) is 4.98 Å². The van der Waals surface area contributed by atoms with E-state index in [1.165, 1.54) is 0 Å². The van der Waals surface area contributed by atoms with Crippen molar-refractivity contribution in [1.82, 2.24) is 4.98 Å². The molecular weight excluding hydrogens is 264 g/mol. The van der Waals surface area contributed by atoms with Gasteiger partial charge in [0.1, 0.15) is 11.4 Å². The molecule has 1 aromatic rings. The molecule has 1 aromatic heterocycles. The molecule has 1 saturated carbocycles.